The molecule has 2 rings (SSSR count). The fourth-order valence-electron chi connectivity index (χ4n) is 2.18. The fraction of sp³-hybridized carbons (Fsp3) is 0.700. The van der Waals surface area contributed by atoms with E-state index in [1.54, 1.807) is 0 Å². The van der Waals surface area contributed by atoms with Crippen molar-refractivity contribution in [2.24, 2.45) is 0 Å². The molecule has 1 heterocycles. The Morgan fingerprint density at radius 3 is 2.75 bits per heavy atom. The van der Waals surface area contributed by atoms with Crippen molar-refractivity contribution >= 4 is 0 Å². The van der Waals surface area contributed by atoms with Crippen molar-refractivity contribution in [2.45, 2.75) is 31.7 Å². The molecule has 1 saturated heterocycles. The van der Waals surface area contributed by atoms with Gasteiger partial charge in [-0.25, -0.2) is 0 Å². The summed E-state index contributed by atoms with van der Waals surface area (Å²) in [6.07, 6.45) is 6.89. The number of hydrogen-bond acceptors (Lipinski definition) is 2. The molecule has 1 aliphatic heterocycles. The van der Waals surface area contributed by atoms with E-state index >= 15 is 0 Å². The van der Waals surface area contributed by atoms with Crippen molar-refractivity contribution in [1.82, 2.24) is 4.90 Å². The Morgan fingerprint density at radius 1 is 1.42 bits per heavy atom. The van der Waals surface area contributed by atoms with Crippen LogP contribution >= 0.6 is 0 Å². The van der Waals surface area contributed by atoms with Gasteiger partial charge in [-0.3, -0.25) is 4.90 Å². The van der Waals surface area contributed by atoms with E-state index in [2.05, 4.69) is 17.0 Å². The standard InChI is InChI=1S/C10H14N2/c11-8-9-3-4-10(7-9)12-5-1-2-6-12/h3,10H,1-2,4-7H2. The summed E-state index contributed by atoms with van der Waals surface area (Å²) in [6.45, 7) is 2.49. The number of nitriles is 1. The molecular weight excluding hydrogens is 148 g/mol. The minimum Gasteiger partial charge on any atom is -0.300 e. The molecule has 12 heavy (non-hydrogen) atoms. The molecule has 2 aliphatic rings. The third kappa shape index (κ3) is 1.37. The van der Waals surface area contributed by atoms with Gasteiger partial charge in [0.15, 0.2) is 0 Å². The Morgan fingerprint density at radius 2 is 2.17 bits per heavy atom. The Balaban J connectivity index is 1.90. The summed E-state index contributed by atoms with van der Waals surface area (Å²) in [5.74, 6) is 0. The van der Waals surface area contributed by atoms with Gasteiger partial charge in [0.2, 0.25) is 0 Å². The summed E-state index contributed by atoms with van der Waals surface area (Å²) < 4.78 is 0. The third-order valence-corrected chi connectivity index (χ3v) is 2.89. The molecule has 0 N–H and O–H groups in total. The van der Waals surface area contributed by atoms with E-state index in [9.17, 15) is 0 Å². The zero-order chi connectivity index (χ0) is 8.39. The van der Waals surface area contributed by atoms with Crippen LogP contribution in [0.4, 0.5) is 0 Å². The number of likely N-dealkylation sites (tertiary alicyclic amines) is 1. The van der Waals surface area contributed by atoms with Crippen LogP contribution in [0.1, 0.15) is 25.7 Å². The second kappa shape index (κ2) is 3.28. The molecule has 1 fully saturated rings. The van der Waals surface area contributed by atoms with Gasteiger partial charge in [0.1, 0.15) is 0 Å². The maximum atomic E-state index is 8.69. The molecule has 64 valence electrons. The minimum atomic E-state index is 0.655. The molecule has 0 aromatic rings. The quantitative estimate of drug-likeness (QED) is 0.586. The Kier molecular flexibility index (Phi) is 2.14. The van der Waals surface area contributed by atoms with Gasteiger partial charge in [-0.05, 0) is 38.8 Å². The summed E-state index contributed by atoms with van der Waals surface area (Å²) in [6, 6.07) is 2.91. The monoisotopic (exact) mass is 162 g/mol. The van der Waals surface area contributed by atoms with Crippen molar-refractivity contribution in [2.75, 3.05) is 13.1 Å². The van der Waals surface area contributed by atoms with E-state index in [0.29, 0.717) is 6.04 Å². The highest BCUT2D eigenvalue weighted by molar-refractivity contribution is 5.26. The van der Waals surface area contributed by atoms with Gasteiger partial charge in [0.25, 0.3) is 0 Å². The van der Waals surface area contributed by atoms with E-state index < -0.39 is 0 Å². The minimum absolute atomic E-state index is 0.655. The largest absolute Gasteiger partial charge is 0.300 e. The zero-order valence-corrected chi connectivity index (χ0v) is 7.29. The van der Waals surface area contributed by atoms with Crippen LogP contribution in [0.5, 0.6) is 0 Å². The van der Waals surface area contributed by atoms with Crippen LogP contribution in [0.2, 0.25) is 0 Å². The van der Waals surface area contributed by atoms with E-state index in [1.807, 2.05) is 0 Å². The lowest BCUT2D eigenvalue weighted by Gasteiger charge is -2.22. The maximum absolute atomic E-state index is 8.69. The topological polar surface area (TPSA) is 27.0 Å². The SMILES string of the molecule is N#CC1=CCC(N2CCCC2)C1. The molecule has 1 unspecified atom stereocenters. The normalized spacial score (nSPS) is 30.2. The Labute approximate surface area is 73.5 Å². The van der Waals surface area contributed by atoms with Gasteiger partial charge in [0.05, 0.1) is 6.07 Å². The molecule has 0 aromatic heterocycles. The van der Waals surface area contributed by atoms with Crippen LogP contribution in [0.15, 0.2) is 11.6 Å². The van der Waals surface area contributed by atoms with Gasteiger partial charge in [-0.2, -0.15) is 5.26 Å². The van der Waals surface area contributed by atoms with Gasteiger partial charge in [-0.1, -0.05) is 6.08 Å². The summed E-state index contributed by atoms with van der Waals surface area (Å²) in [4.78, 5) is 2.53. The first kappa shape index (κ1) is 7.82. The first-order chi connectivity index (χ1) is 5.90. The number of rotatable bonds is 1. The average molecular weight is 162 g/mol. The summed E-state index contributed by atoms with van der Waals surface area (Å²) in [5, 5.41) is 8.69. The van der Waals surface area contributed by atoms with Crippen molar-refractivity contribution < 1.29 is 0 Å². The Hall–Kier alpha value is -0.810. The Bertz CT molecular complexity index is 231. The van der Waals surface area contributed by atoms with E-state index in [-0.39, 0.29) is 0 Å². The predicted molar refractivity (Wildman–Crippen MR) is 47.5 cm³/mol. The first-order valence-corrected chi connectivity index (χ1v) is 4.73. The van der Waals surface area contributed by atoms with Crippen molar-refractivity contribution in [3.05, 3.63) is 11.6 Å². The van der Waals surface area contributed by atoms with Gasteiger partial charge in [-0.15, -0.1) is 0 Å². The smallest absolute Gasteiger partial charge is 0.0944 e. The van der Waals surface area contributed by atoms with Crippen molar-refractivity contribution in [1.29, 1.82) is 5.26 Å². The highest BCUT2D eigenvalue weighted by atomic mass is 15.2. The molecule has 1 atom stereocenters. The lowest BCUT2D eigenvalue weighted by Crippen LogP contribution is -2.30. The van der Waals surface area contributed by atoms with Crippen LogP contribution in [0, 0.1) is 11.3 Å². The van der Waals surface area contributed by atoms with Crippen LogP contribution in [0.25, 0.3) is 0 Å². The molecule has 0 spiro atoms. The molecule has 0 aromatic carbocycles. The molecule has 1 aliphatic carbocycles. The summed E-state index contributed by atoms with van der Waals surface area (Å²) in [5.41, 5.74) is 0.993. The zero-order valence-electron chi connectivity index (χ0n) is 7.29. The first-order valence-electron chi connectivity index (χ1n) is 4.73. The van der Waals surface area contributed by atoms with E-state index in [0.717, 1.165) is 18.4 Å². The average Bonchev–Trinajstić information content (AvgIpc) is 2.75. The molecule has 0 saturated carbocycles. The van der Waals surface area contributed by atoms with E-state index in [1.165, 1.54) is 25.9 Å². The lowest BCUT2D eigenvalue weighted by atomic mass is 10.2. The maximum Gasteiger partial charge on any atom is 0.0944 e. The molecule has 0 radical (unpaired) electrons. The highest BCUT2D eigenvalue weighted by Gasteiger charge is 2.25. The van der Waals surface area contributed by atoms with Gasteiger partial charge in [0, 0.05) is 11.6 Å². The van der Waals surface area contributed by atoms with Crippen molar-refractivity contribution in [3.63, 3.8) is 0 Å². The van der Waals surface area contributed by atoms with Crippen LogP contribution < -0.4 is 0 Å². The summed E-state index contributed by atoms with van der Waals surface area (Å²) >= 11 is 0. The highest BCUT2D eigenvalue weighted by Crippen LogP contribution is 2.25. The third-order valence-electron chi connectivity index (χ3n) is 2.89. The number of nitrogens with zero attached hydrogens (tertiary/aromatic N) is 2. The van der Waals surface area contributed by atoms with Crippen molar-refractivity contribution in [3.8, 4) is 6.07 Å². The van der Waals surface area contributed by atoms with Crippen LogP contribution in [0.3, 0.4) is 0 Å². The molecular formula is C10H14N2. The predicted octanol–water partition coefficient (Wildman–Crippen LogP) is 1.69. The lowest BCUT2D eigenvalue weighted by molar-refractivity contribution is 0.251. The van der Waals surface area contributed by atoms with Crippen LogP contribution in [-0.4, -0.2) is 24.0 Å². The molecule has 2 nitrogen and oxygen atoms in total. The molecule has 0 amide bonds. The molecule has 2 heteroatoms. The fourth-order valence-corrected chi connectivity index (χ4v) is 2.18. The second-order valence-electron chi connectivity index (χ2n) is 3.68. The molecule has 0 bridgehead atoms. The number of hydrogen-bond donors (Lipinski definition) is 0. The van der Waals surface area contributed by atoms with Crippen LogP contribution in [-0.2, 0) is 0 Å². The van der Waals surface area contributed by atoms with Gasteiger partial charge < -0.3 is 0 Å². The van der Waals surface area contributed by atoms with E-state index in [4.69, 9.17) is 5.26 Å². The summed E-state index contributed by atoms with van der Waals surface area (Å²) in [7, 11) is 0. The second-order valence-corrected chi connectivity index (χ2v) is 3.68. The van der Waals surface area contributed by atoms with Gasteiger partial charge >= 0.3 is 0 Å².